The van der Waals surface area contributed by atoms with Crippen LogP contribution in [0.5, 0.6) is 0 Å². The van der Waals surface area contributed by atoms with Crippen LogP contribution in [0, 0.1) is 0 Å². The van der Waals surface area contributed by atoms with Crippen LogP contribution in [-0.4, -0.2) is 54.9 Å². The summed E-state index contributed by atoms with van der Waals surface area (Å²) in [6.45, 7) is 6.45. The molecule has 0 aliphatic heterocycles. The monoisotopic (exact) mass is 476 g/mol. The Morgan fingerprint density at radius 2 is 1.77 bits per heavy atom. The Bertz CT molecular complexity index is 763. The lowest BCUT2D eigenvalue weighted by molar-refractivity contribution is 0.0216. The van der Waals surface area contributed by atoms with E-state index in [4.69, 9.17) is 16.3 Å². The summed E-state index contributed by atoms with van der Waals surface area (Å²) in [7, 11) is 2.55. The van der Waals surface area contributed by atoms with E-state index >= 15 is 0 Å². The third-order valence-corrected chi connectivity index (χ3v) is 4.62. The number of carbonyl (C=O) groups is 3. The number of ether oxygens (including phenoxy) is 3. The van der Waals surface area contributed by atoms with Gasteiger partial charge >= 0.3 is 17.6 Å². The number of hydrogen-bond acceptors (Lipinski definition) is 6. The Hall–Kier alpha value is -2.19. The van der Waals surface area contributed by atoms with E-state index in [2.05, 4.69) is 26.4 Å². The van der Waals surface area contributed by atoms with E-state index in [9.17, 15) is 14.4 Å². The predicted molar refractivity (Wildman–Crippen MR) is 119 cm³/mol. The third-order valence-electron chi connectivity index (χ3n) is 4.10. The van der Waals surface area contributed by atoms with Gasteiger partial charge < -0.3 is 24.4 Å². The second-order valence-corrected chi connectivity index (χ2v) is 8.59. The van der Waals surface area contributed by atoms with E-state index in [1.807, 2.05) is 39.0 Å². The summed E-state index contributed by atoms with van der Waals surface area (Å²) in [5.74, 6) is 0. The summed E-state index contributed by atoms with van der Waals surface area (Å²) in [5.41, 5.74) is 0.598. The van der Waals surface area contributed by atoms with E-state index in [0.717, 1.165) is 24.0 Å². The first-order chi connectivity index (χ1) is 14.5. The normalized spacial score (nSPS) is 12.7. The lowest BCUT2D eigenvalue weighted by Crippen LogP contribution is -2.37. The number of nitrogens with one attached hydrogen (secondary N) is 1. The number of nitrogens with zero attached hydrogens (tertiary/aromatic N) is 1. The first-order valence-electron chi connectivity index (χ1n) is 9.79. The first kappa shape index (κ1) is 26.8. The second-order valence-electron chi connectivity index (χ2n) is 7.88. The number of rotatable bonds is 6. The van der Waals surface area contributed by atoms with Gasteiger partial charge in [0.2, 0.25) is 0 Å². The zero-order valence-electron chi connectivity index (χ0n) is 18.5. The van der Waals surface area contributed by atoms with Crippen LogP contribution in [0.1, 0.15) is 44.7 Å². The van der Waals surface area contributed by atoms with Gasteiger partial charge in [0.05, 0.1) is 20.8 Å². The molecule has 0 atom stereocenters. The molecule has 10 heteroatoms. The molecule has 1 aromatic rings. The van der Waals surface area contributed by atoms with Crippen LogP contribution in [0.3, 0.4) is 0 Å². The number of halogens is 2. The molecule has 0 aromatic heterocycles. The van der Waals surface area contributed by atoms with Crippen molar-refractivity contribution < 1.29 is 28.6 Å². The van der Waals surface area contributed by atoms with Gasteiger partial charge in [0.15, 0.2) is 0 Å². The largest absolute Gasteiger partial charge is 0.457 e. The smallest absolute Gasteiger partial charge is 0.410 e. The van der Waals surface area contributed by atoms with Gasteiger partial charge in [-0.2, -0.15) is 0 Å². The molecular formula is C21H30Cl2N2O6. The molecule has 0 heterocycles. The Morgan fingerprint density at radius 1 is 1.16 bits per heavy atom. The minimum Gasteiger partial charge on any atom is -0.457 e. The Labute approximate surface area is 193 Å². The summed E-state index contributed by atoms with van der Waals surface area (Å²) < 4.78 is 14.0. The quantitative estimate of drug-likeness (QED) is 0.451. The Kier molecular flexibility index (Phi) is 10.9. The van der Waals surface area contributed by atoms with Gasteiger partial charge in [-0.25, -0.2) is 14.4 Å². The molecule has 0 spiro atoms. The molecule has 2 rings (SSSR count). The lowest BCUT2D eigenvalue weighted by Gasteiger charge is -2.28. The predicted octanol–water partition coefficient (Wildman–Crippen LogP) is 5.13. The van der Waals surface area contributed by atoms with Gasteiger partial charge in [-0.3, -0.25) is 0 Å². The zero-order chi connectivity index (χ0) is 23.6. The molecule has 1 N–H and O–H groups in total. The van der Waals surface area contributed by atoms with Crippen LogP contribution in [0.15, 0.2) is 18.2 Å². The fourth-order valence-electron chi connectivity index (χ4n) is 2.52. The molecule has 174 valence electrons. The zero-order valence-corrected chi connectivity index (χ0v) is 20.0. The number of hydrogen-bond donors (Lipinski definition) is 1. The minimum atomic E-state index is -0.773. The molecule has 1 aliphatic carbocycles. The van der Waals surface area contributed by atoms with Crippen LogP contribution >= 0.6 is 23.2 Å². The molecule has 31 heavy (non-hydrogen) atoms. The van der Waals surface area contributed by atoms with Crippen molar-refractivity contribution in [3.63, 3.8) is 0 Å². The molecule has 0 radical (unpaired) electrons. The van der Waals surface area contributed by atoms with Crippen molar-refractivity contribution in [1.29, 1.82) is 0 Å². The second kappa shape index (κ2) is 12.6. The van der Waals surface area contributed by atoms with Gasteiger partial charge in [0.1, 0.15) is 5.60 Å². The summed E-state index contributed by atoms with van der Waals surface area (Å²) in [6.07, 6.45) is 1.85. The highest BCUT2D eigenvalue weighted by atomic mass is 35.5. The van der Waals surface area contributed by atoms with Crippen LogP contribution in [0.2, 0.25) is 5.02 Å². The highest BCUT2D eigenvalue weighted by molar-refractivity contribution is 6.61. The van der Waals surface area contributed by atoms with E-state index in [-0.39, 0.29) is 12.1 Å². The van der Waals surface area contributed by atoms with Crippen LogP contribution < -0.4 is 5.32 Å². The van der Waals surface area contributed by atoms with E-state index in [1.165, 1.54) is 14.2 Å². The van der Waals surface area contributed by atoms with Crippen molar-refractivity contribution in [2.24, 2.45) is 0 Å². The molecule has 1 aliphatic rings. The number of alkyl carbamates (subject to hydrolysis) is 1. The third kappa shape index (κ3) is 11.1. The topological polar surface area (TPSA) is 94.2 Å². The molecule has 0 saturated heterocycles. The summed E-state index contributed by atoms with van der Waals surface area (Å²) in [6, 6.07) is 5.93. The molecule has 2 amide bonds. The van der Waals surface area contributed by atoms with Crippen LogP contribution in [-0.2, 0) is 27.2 Å². The van der Waals surface area contributed by atoms with Crippen LogP contribution in [0.4, 0.5) is 14.4 Å². The maximum atomic E-state index is 12.5. The van der Waals surface area contributed by atoms with Crippen molar-refractivity contribution in [2.75, 3.05) is 20.8 Å². The van der Waals surface area contributed by atoms with Crippen molar-refractivity contribution >= 4 is 40.8 Å². The number of methoxy groups -OCH3 is 2. The maximum Gasteiger partial charge on any atom is 0.410 e. The van der Waals surface area contributed by atoms with E-state index < -0.39 is 17.1 Å². The van der Waals surface area contributed by atoms with Crippen molar-refractivity contribution in [1.82, 2.24) is 10.2 Å². The Morgan fingerprint density at radius 3 is 2.26 bits per heavy atom. The number of carbonyl (C=O) groups excluding carboxylic acids is 3. The van der Waals surface area contributed by atoms with Gasteiger partial charge in [0, 0.05) is 29.2 Å². The molecule has 1 aromatic carbocycles. The fraction of sp³-hybridized carbons (Fsp3) is 0.571. The lowest BCUT2D eigenvalue weighted by atomic mass is 10.1. The van der Waals surface area contributed by atoms with Crippen LogP contribution in [0.25, 0.3) is 0 Å². The number of benzene rings is 1. The molecule has 1 fully saturated rings. The SMILES string of the molecule is COC(=O)Cl.COC(=O)NCCc1ccc(Cl)c(CN(C(=O)OC(C)(C)C)C2CC2)c1. The van der Waals surface area contributed by atoms with Gasteiger partial charge in [0.25, 0.3) is 0 Å². The average Bonchev–Trinajstić information content (AvgIpc) is 3.52. The van der Waals surface area contributed by atoms with Gasteiger partial charge in [-0.15, -0.1) is 0 Å². The van der Waals surface area contributed by atoms with E-state index in [1.54, 1.807) is 4.90 Å². The van der Waals surface area contributed by atoms with Crippen molar-refractivity contribution in [3.05, 3.63) is 34.3 Å². The summed E-state index contributed by atoms with van der Waals surface area (Å²) in [5, 5.41) is 3.26. The average molecular weight is 477 g/mol. The highest BCUT2D eigenvalue weighted by Gasteiger charge is 2.35. The molecule has 0 bridgehead atoms. The fourth-order valence-corrected chi connectivity index (χ4v) is 2.70. The van der Waals surface area contributed by atoms with Gasteiger partial charge in [-0.05, 0) is 57.2 Å². The summed E-state index contributed by atoms with van der Waals surface area (Å²) >= 11 is 10.9. The van der Waals surface area contributed by atoms with Crippen molar-refractivity contribution in [3.8, 4) is 0 Å². The standard InChI is InChI=1S/C19H27ClN2O4.C2H3ClO2/c1-19(2,3)26-18(24)22(15-6-7-15)12-14-11-13(5-8-16(14)20)9-10-21-17(23)25-4;1-5-2(3)4/h5,8,11,15H,6-7,9-10,12H2,1-4H3,(H,21,23);1H3. The number of amides is 2. The minimum absolute atomic E-state index is 0.213. The molecular weight excluding hydrogens is 447 g/mol. The first-order valence-corrected chi connectivity index (χ1v) is 10.5. The molecule has 1 saturated carbocycles. The van der Waals surface area contributed by atoms with Crippen molar-refractivity contribution in [2.45, 2.75) is 58.2 Å². The van der Waals surface area contributed by atoms with Gasteiger partial charge in [-0.1, -0.05) is 23.7 Å². The summed E-state index contributed by atoms with van der Waals surface area (Å²) in [4.78, 5) is 34.8. The highest BCUT2D eigenvalue weighted by Crippen LogP contribution is 2.31. The van der Waals surface area contributed by atoms with E-state index in [0.29, 0.717) is 24.5 Å². The molecule has 0 unspecified atom stereocenters. The molecule has 8 nitrogen and oxygen atoms in total. The Balaban J connectivity index is 0.000000861. The maximum absolute atomic E-state index is 12.5.